The van der Waals surface area contributed by atoms with Gasteiger partial charge >= 0.3 is 0 Å². The first-order valence-electron chi connectivity index (χ1n) is 7.21. The third-order valence-electron chi connectivity index (χ3n) is 2.72. The van der Waals surface area contributed by atoms with Gasteiger partial charge in [0.2, 0.25) is 0 Å². The van der Waals surface area contributed by atoms with Crippen LogP contribution in [0.25, 0.3) is 0 Å². The zero-order valence-corrected chi connectivity index (χ0v) is 12.0. The van der Waals surface area contributed by atoms with Gasteiger partial charge in [-0.05, 0) is 25.3 Å². The zero-order chi connectivity index (χ0) is 13.5. The average Bonchev–Trinajstić information content (AvgIpc) is 2.40. The fourth-order valence-electron chi connectivity index (χ4n) is 1.55. The minimum Gasteiger partial charge on any atom is -0.464 e. The maximum Gasteiger partial charge on any atom is 0.189 e. The molecule has 0 aliphatic carbocycles. The summed E-state index contributed by atoms with van der Waals surface area (Å²) < 4.78 is 10.5. The molecule has 3 heteroatoms. The molecule has 0 saturated carbocycles. The Bertz CT molecular complexity index is 212. The van der Waals surface area contributed by atoms with E-state index in [1.807, 2.05) is 6.08 Å². The van der Waals surface area contributed by atoms with E-state index in [9.17, 15) is 4.79 Å². The summed E-state index contributed by atoms with van der Waals surface area (Å²) in [5.41, 5.74) is 0. The molecule has 0 saturated heterocycles. The summed E-state index contributed by atoms with van der Waals surface area (Å²) in [7, 11) is 0. The molecule has 0 aromatic rings. The number of aldehydes is 1. The fraction of sp³-hybridized carbons (Fsp3) is 0.800. The highest BCUT2D eigenvalue weighted by atomic mass is 16.7. The molecule has 0 aromatic carbocycles. The highest BCUT2D eigenvalue weighted by Gasteiger charge is 1.96. The summed E-state index contributed by atoms with van der Waals surface area (Å²) in [5.74, 6) is 0.405. The standard InChI is InChI=1S/C15H28O3/c1-3-5-7-8-9-10-11-15(13-16)18-14-17-12-6-4-2/h11,13H,3-10,12,14H2,1-2H3/b15-11+. The molecule has 0 rings (SSSR count). The smallest absolute Gasteiger partial charge is 0.189 e. The lowest BCUT2D eigenvalue weighted by atomic mass is 10.1. The van der Waals surface area contributed by atoms with E-state index in [4.69, 9.17) is 9.47 Å². The van der Waals surface area contributed by atoms with Crippen LogP contribution in [0.4, 0.5) is 0 Å². The third kappa shape index (κ3) is 11.6. The van der Waals surface area contributed by atoms with Gasteiger partial charge < -0.3 is 9.47 Å². The Morgan fingerprint density at radius 2 is 1.72 bits per heavy atom. The Balaban J connectivity index is 3.51. The first-order valence-corrected chi connectivity index (χ1v) is 7.21. The molecule has 0 atom stereocenters. The van der Waals surface area contributed by atoms with Gasteiger partial charge in [-0.25, -0.2) is 0 Å². The van der Waals surface area contributed by atoms with Gasteiger partial charge in [-0.3, -0.25) is 4.79 Å². The monoisotopic (exact) mass is 256 g/mol. The number of hydrogen-bond donors (Lipinski definition) is 0. The van der Waals surface area contributed by atoms with Crippen LogP contribution in [-0.2, 0) is 14.3 Å². The van der Waals surface area contributed by atoms with E-state index in [0.29, 0.717) is 12.4 Å². The summed E-state index contributed by atoms with van der Waals surface area (Å²) in [6.45, 7) is 5.19. The molecule has 0 aromatic heterocycles. The predicted molar refractivity (Wildman–Crippen MR) is 74.3 cm³/mol. The third-order valence-corrected chi connectivity index (χ3v) is 2.72. The molecule has 0 spiro atoms. The fourth-order valence-corrected chi connectivity index (χ4v) is 1.55. The summed E-state index contributed by atoms with van der Waals surface area (Å²) in [6, 6.07) is 0. The van der Waals surface area contributed by atoms with E-state index in [1.54, 1.807) is 0 Å². The van der Waals surface area contributed by atoms with Crippen molar-refractivity contribution in [2.45, 2.75) is 65.2 Å². The van der Waals surface area contributed by atoms with Crippen molar-refractivity contribution in [3.63, 3.8) is 0 Å². The van der Waals surface area contributed by atoms with Crippen molar-refractivity contribution >= 4 is 6.29 Å². The van der Waals surface area contributed by atoms with E-state index >= 15 is 0 Å². The summed E-state index contributed by atoms with van der Waals surface area (Å²) in [6.07, 6.45) is 11.8. The van der Waals surface area contributed by atoms with Gasteiger partial charge in [-0.1, -0.05) is 46.0 Å². The molecule has 18 heavy (non-hydrogen) atoms. The molecule has 0 aliphatic rings. The van der Waals surface area contributed by atoms with Crippen LogP contribution in [-0.4, -0.2) is 19.7 Å². The van der Waals surface area contributed by atoms with E-state index < -0.39 is 0 Å². The Kier molecular flexibility index (Phi) is 13.6. The van der Waals surface area contributed by atoms with Gasteiger partial charge in [-0.15, -0.1) is 0 Å². The van der Waals surface area contributed by atoms with Crippen LogP contribution in [0.3, 0.4) is 0 Å². The van der Waals surface area contributed by atoms with Crippen molar-refractivity contribution in [2.24, 2.45) is 0 Å². The van der Waals surface area contributed by atoms with Crippen molar-refractivity contribution in [1.29, 1.82) is 0 Å². The number of unbranched alkanes of at least 4 members (excludes halogenated alkanes) is 6. The number of allylic oxidation sites excluding steroid dienone is 2. The number of carbonyl (C=O) groups is 1. The first kappa shape index (κ1) is 17.2. The summed E-state index contributed by atoms with van der Waals surface area (Å²) >= 11 is 0. The Hall–Kier alpha value is -0.830. The second-order valence-corrected chi connectivity index (χ2v) is 4.45. The SMILES string of the molecule is CCCCCCC/C=C(\C=O)OCOCCCC. The number of hydrogen-bond acceptors (Lipinski definition) is 3. The van der Waals surface area contributed by atoms with Gasteiger partial charge in [0, 0.05) is 0 Å². The molecular formula is C15H28O3. The van der Waals surface area contributed by atoms with Crippen LogP contribution in [0.2, 0.25) is 0 Å². The summed E-state index contributed by atoms with van der Waals surface area (Å²) in [5, 5.41) is 0. The molecular weight excluding hydrogens is 228 g/mol. The van der Waals surface area contributed by atoms with Gasteiger partial charge in [0.05, 0.1) is 6.61 Å². The lowest BCUT2D eigenvalue weighted by Gasteiger charge is -2.06. The van der Waals surface area contributed by atoms with E-state index in [0.717, 1.165) is 32.0 Å². The normalized spacial score (nSPS) is 11.6. The van der Waals surface area contributed by atoms with Gasteiger partial charge in [0.1, 0.15) is 0 Å². The lowest BCUT2D eigenvalue weighted by Crippen LogP contribution is -2.02. The Morgan fingerprint density at radius 3 is 2.39 bits per heavy atom. The van der Waals surface area contributed by atoms with Crippen LogP contribution >= 0.6 is 0 Å². The summed E-state index contributed by atoms with van der Waals surface area (Å²) in [4.78, 5) is 10.7. The van der Waals surface area contributed by atoms with Crippen LogP contribution in [0, 0.1) is 0 Å². The van der Waals surface area contributed by atoms with Crippen LogP contribution in [0.15, 0.2) is 11.8 Å². The minimum atomic E-state index is 0.181. The highest BCUT2D eigenvalue weighted by molar-refractivity contribution is 5.69. The molecule has 3 nitrogen and oxygen atoms in total. The minimum absolute atomic E-state index is 0.181. The van der Waals surface area contributed by atoms with Crippen molar-refractivity contribution in [2.75, 3.05) is 13.4 Å². The average molecular weight is 256 g/mol. The second kappa shape index (κ2) is 14.2. The number of ether oxygens (including phenoxy) is 2. The first-order chi connectivity index (χ1) is 8.85. The molecule has 0 fully saturated rings. The van der Waals surface area contributed by atoms with Crippen molar-refractivity contribution in [3.05, 3.63) is 11.8 Å². The van der Waals surface area contributed by atoms with Crippen LogP contribution < -0.4 is 0 Å². The molecule has 0 N–H and O–H groups in total. The molecule has 0 amide bonds. The maximum atomic E-state index is 10.7. The number of carbonyl (C=O) groups excluding carboxylic acids is 1. The van der Waals surface area contributed by atoms with E-state index in [1.165, 1.54) is 25.7 Å². The molecule has 0 aliphatic heterocycles. The zero-order valence-electron chi connectivity index (χ0n) is 12.0. The second-order valence-electron chi connectivity index (χ2n) is 4.45. The molecule has 0 radical (unpaired) electrons. The van der Waals surface area contributed by atoms with Gasteiger partial charge in [0.15, 0.2) is 18.8 Å². The van der Waals surface area contributed by atoms with Gasteiger partial charge in [-0.2, -0.15) is 0 Å². The molecule has 0 heterocycles. The van der Waals surface area contributed by atoms with Crippen molar-refractivity contribution in [1.82, 2.24) is 0 Å². The van der Waals surface area contributed by atoms with E-state index in [2.05, 4.69) is 13.8 Å². The Labute approximate surface area is 112 Å². The topological polar surface area (TPSA) is 35.5 Å². The van der Waals surface area contributed by atoms with Crippen molar-refractivity contribution < 1.29 is 14.3 Å². The van der Waals surface area contributed by atoms with Gasteiger partial charge in [0.25, 0.3) is 0 Å². The van der Waals surface area contributed by atoms with Crippen molar-refractivity contribution in [3.8, 4) is 0 Å². The highest BCUT2D eigenvalue weighted by Crippen LogP contribution is 2.07. The lowest BCUT2D eigenvalue weighted by molar-refractivity contribution is -0.111. The largest absolute Gasteiger partial charge is 0.464 e. The van der Waals surface area contributed by atoms with Crippen LogP contribution in [0.1, 0.15) is 65.2 Å². The molecule has 0 bridgehead atoms. The number of rotatable bonds is 13. The molecule has 106 valence electrons. The predicted octanol–water partition coefficient (Wildman–Crippen LogP) is 4.22. The Morgan fingerprint density at radius 1 is 1.00 bits per heavy atom. The molecule has 0 unspecified atom stereocenters. The van der Waals surface area contributed by atoms with E-state index in [-0.39, 0.29) is 6.79 Å². The maximum absolute atomic E-state index is 10.7. The quantitative estimate of drug-likeness (QED) is 0.163. The van der Waals surface area contributed by atoms with Crippen LogP contribution in [0.5, 0.6) is 0 Å².